The molecule has 0 unspecified atom stereocenters. The van der Waals surface area contributed by atoms with Gasteiger partial charge in [-0.2, -0.15) is 13.2 Å². The van der Waals surface area contributed by atoms with Crippen LogP contribution in [0.25, 0.3) is 0 Å². The number of nitrogens with one attached hydrogen (secondary N) is 1. The van der Waals surface area contributed by atoms with Gasteiger partial charge in [0.1, 0.15) is 12.6 Å². The molecule has 0 radical (unpaired) electrons. The largest absolute Gasteiger partial charge is 0.417 e. The highest BCUT2D eigenvalue weighted by Crippen LogP contribution is 2.38. The average molecular weight is 638 g/mol. The number of amides is 2. The number of aryl methyl sites for hydroxylation is 2. The van der Waals surface area contributed by atoms with Crippen LogP contribution in [0.2, 0.25) is 5.02 Å². The van der Waals surface area contributed by atoms with E-state index in [0.717, 1.165) is 36.1 Å². The lowest BCUT2D eigenvalue weighted by Gasteiger charge is -2.32. The Kier molecular flexibility index (Phi) is 11.3. The highest BCUT2D eigenvalue weighted by molar-refractivity contribution is 7.92. The Labute approximate surface area is 255 Å². The normalized spacial score (nSPS) is 12.5. The molecule has 0 aliphatic carbocycles. The molecule has 3 aromatic carbocycles. The van der Waals surface area contributed by atoms with E-state index in [2.05, 4.69) is 5.32 Å². The van der Waals surface area contributed by atoms with Crippen LogP contribution in [0, 0.1) is 13.8 Å². The Balaban J connectivity index is 2.10. The molecule has 3 aromatic rings. The number of nitrogens with zero attached hydrogens (tertiary/aromatic N) is 2. The van der Waals surface area contributed by atoms with Gasteiger partial charge in [0.25, 0.3) is 10.0 Å². The molecular formula is C31H35ClF3N3O4S. The third kappa shape index (κ3) is 8.73. The van der Waals surface area contributed by atoms with Gasteiger partial charge in [-0.15, -0.1) is 0 Å². The standard InChI is InChI=1S/C31H35ClF3N3O4S/c1-5-6-16-36-30(40)23(4)37(19-24-9-7-8-22(3)17-24)29(39)20-38(43(41,42)26-13-10-21(2)11-14-26)25-12-15-28(32)27(18-25)31(33,34)35/h7-15,17-18,23H,5-6,16,19-20H2,1-4H3,(H,36,40)/t23-/m1/s1. The maximum atomic E-state index is 14.0. The lowest BCUT2D eigenvalue weighted by molar-refractivity contribution is -0.139. The molecule has 0 heterocycles. The number of unbranched alkanes of at least 4 members (excludes halogenated alkanes) is 1. The summed E-state index contributed by atoms with van der Waals surface area (Å²) in [4.78, 5) is 28.0. The first-order valence-corrected chi connectivity index (χ1v) is 15.6. The SMILES string of the molecule is CCCCNC(=O)[C@@H](C)N(Cc1cccc(C)c1)C(=O)CN(c1ccc(Cl)c(C(F)(F)F)c1)S(=O)(=O)c1ccc(C)cc1. The summed E-state index contributed by atoms with van der Waals surface area (Å²) in [5, 5.41) is 2.17. The number of benzene rings is 3. The fourth-order valence-corrected chi connectivity index (χ4v) is 6.01. The molecule has 3 rings (SSSR count). The van der Waals surface area contributed by atoms with Gasteiger partial charge in [-0.25, -0.2) is 8.42 Å². The zero-order chi connectivity index (χ0) is 31.9. The van der Waals surface area contributed by atoms with Crippen molar-refractivity contribution in [1.29, 1.82) is 0 Å². The van der Waals surface area contributed by atoms with Crippen molar-refractivity contribution in [2.24, 2.45) is 0 Å². The van der Waals surface area contributed by atoms with Crippen LogP contribution < -0.4 is 9.62 Å². The van der Waals surface area contributed by atoms with E-state index in [1.165, 1.54) is 24.0 Å². The molecule has 0 fully saturated rings. The molecular weight excluding hydrogens is 603 g/mol. The number of anilines is 1. The zero-order valence-electron chi connectivity index (χ0n) is 24.4. The topological polar surface area (TPSA) is 86.8 Å². The quantitative estimate of drug-likeness (QED) is 0.230. The number of hydrogen-bond donors (Lipinski definition) is 1. The summed E-state index contributed by atoms with van der Waals surface area (Å²) in [5.74, 6) is -1.22. The number of halogens is 4. The monoisotopic (exact) mass is 637 g/mol. The number of carbonyl (C=O) groups excluding carboxylic acids is 2. The fraction of sp³-hybridized carbons (Fsp3) is 0.355. The summed E-state index contributed by atoms with van der Waals surface area (Å²) >= 11 is 5.81. The maximum Gasteiger partial charge on any atom is 0.417 e. The first-order chi connectivity index (χ1) is 20.1. The van der Waals surface area contributed by atoms with E-state index < -0.39 is 56.9 Å². The molecule has 232 valence electrons. The molecule has 1 N–H and O–H groups in total. The van der Waals surface area contributed by atoms with Gasteiger partial charge in [0.15, 0.2) is 0 Å². The molecule has 1 atom stereocenters. The number of sulfonamides is 1. The predicted octanol–water partition coefficient (Wildman–Crippen LogP) is 6.50. The van der Waals surface area contributed by atoms with Gasteiger partial charge in [0.2, 0.25) is 11.8 Å². The molecule has 0 aromatic heterocycles. The van der Waals surface area contributed by atoms with E-state index in [1.807, 2.05) is 26.0 Å². The Bertz CT molecular complexity index is 1550. The van der Waals surface area contributed by atoms with Crippen LogP contribution in [0.3, 0.4) is 0 Å². The lowest BCUT2D eigenvalue weighted by Crippen LogP contribution is -2.51. The van der Waals surface area contributed by atoms with Crippen molar-refractivity contribution >= 4 is 39.1 Å². The second-order valence-electron chi connectivity index (χ2n) is 10.3. The van der Waals surface area contributed by atoms with Crippen molar-refractivity contribution in [3.05, 3.63) is 94.0 Å². The van der Waals surface area contributed by atoms with Crippen molar-refractivity contribution in [3.63, 3.8) is 0 Å². The van der Waals surface area contributed by atoms with Crippen molar-refractivity contribution in [3.8, 4) is 0 Å². The number of hydrogen-bond acceptors (Lipinski definition) is 4. The van der Waals surface area contributed by atoms with Gasteiger partial charge < -0.3 is 10.2 Å². The highest BCUT2D eigenvalue weighted by Gasteiger charge is 2.37. The van der Waals surface area contributed by atoms with E-state index >= 15 is 0 Å². The smallest absolute Gasteiger partial charge is 0.354 e. The molecule has 43 heavy (non-hydrogen) atoms. The molecule has 2 amide bonds. The first-order valence-electron chi connectivity index (χ1n) is 13.7. The minimum Gasteiger partial charge on any atom is -0.354 e. The lowest BCUT2D eigenvalue weighted by atomic mass is 10.1. The summed E-state index contributed by atoms with van der Waals surface area (Å²) in [5.41, 5.74) is 0.721. The maximum absolute atomic E-state index is 14.0. The molecule has 0 saturated heterocycles. The van der Waals surface area contributed by atoms with Crippen LogP contribution in [-0.4, -0.2) is 44.3 Å². The minimum absolute atomic E-state index is 0.0320. The molecule has 0 aliphatic heterocycles. The van der Waals surface area contributed by atoms with Crippen LogP contribution >= 0.6 is 11.6 Å². The number of carbonyl (C=O) groups is 2. The van der Waals surface area contributed by atoms with Gasteiger partial charge >= 0.3 is 6.18 Å². The predicted molar refractivity (Wildman–Crippen MR) is 161 cm³/mol. The molecule has 0 spiro atoms. The van der Waals surface area contributed by atoms with Crippen LogP contribution in [0.15, 0.2) is 71.6 Å². The summed E-state index contributed by atoms with van der Waals surface area (Å²) < 4.78 is 69.7. The van der Waals surface area contributed by atoms with E-state index in [1.54, 1.807) is 31.2 Å². The Morgan fingerprint density at radius 2 is 1.65 bits per heavy atom. The van der Waals surface area contributed by atoms with Crippen LogP contribution in [0.5, 0.6) is 0 Å². The Morgan fingerprint density at radius 1 is 0.977 bits per heavy atom. The van der Waals surface area contributed by atoms with Gasteiger partial charge in [-0.1, -0.05) is 72.5 Å². The molecule has 7 nitrogen and oxygen atoms in total. The molecule has 0 aliphatic rings. The van der Waals surface area contributed by atoms with E-state index in [9.17, 15) is 31.2 Å². The zero-order valence-corrected chi connectivity index (χ0v) is 26.0. The Morgan fingerprint density at radius 3 is 2.26 bits per heavy atom. The van der Waals surface area contributed by atoms with Gasteiger partial charge in [0.05, 0.1) is 21.2 Å². The van der Waals surface area contributed by atoms with Crippen LogP contribution in [-0.2, 0) is 32.3 Å². The van der Waals surface area contributed by atoms with Crippen LogP contribution in [0.4, 0.5) is 18.9 Å². The van der Waals surface area contributed by atoms with Crippen molar-refractivity contribution in [2.45, 2.75) is 64.2 Å². The van der Waals surface area contributed by atoms with Gasteiger partial charge in [0, 0.05) is 13.1 Å². The minimum atomic E-state index is -4.88. The van der Waals surface area contributed by atoms with E-state index in [0.29, 0.717) is 22.5 Å². The van der Waals surface area contributed by atoms with Gasteiger partial charge in [-0.05, 0) is 63.1 Å². The third-order valence-corrected chi connectivity index (χ3v) is 8.98. The number of rotatable bonds is 12. The number of alkyl halides is 3. The molecule has 0 saturated carbocycles. The molecule has 0 bridgehead atoms. The van der Waals surface area contributed by atoms with Gasteiger partial charge in [-0.3, -0.25) is 13.9 Å². The highest BCUT2D eigenvalue weighted by atomic mass is 35.5. The Hall–Kier alpha value is -3.57. The van der Waals surface area contributed by atoms with Crippen molar-refractivity contribution < 1.29 is 31.2 Å². The summed E-state index contributed by atoms with van der Waals surface area (Å²) in [7, 11) is -4.54. The summed E-state index contributed by atoms with van der Waals surface area (Å²) in [6.45, 7) is 6.60. The second kappa shape index (κ2) is 14.3. The van der Waals surface area contributed by atoms with Crippen molar-refractivity contribution in [2.75, 3.05) is 17.4 Å². The van der Waals surface area contributed by atoms with Crippen LogP contribution in [0.1, 0.15) is 48.9 Å². The fourth-order valence-electron chi connectivity index (χ4n) is 4.38. The molecule has 12 heteroatoms. The third-order valence-electron chi connectivity index (χ3n) is 6.86. The average Bonchev–Trinajstić information content (AvgIpc) is 2.94. The van der Waals surface area contributed by atoms with Crippen molar-refractivity contribution in [1.82, 2.24) is 10.2 Å². The summed E-state index contributed by atoms with van der Waals surface area (Å²) in [6.07, 6.45) is -3.31. The summed E-state index contributed by atoms with van der Waals surface area (Å²) in [6, 6.07) is 14.6. The van der Waals surface area contributed by atoms with E-state index in [-0.39, 0.29) is 11.4 Å². The second-order valence-corrected chi connectivity index (χ2v) is 12.6. The first kappa shape index (κ1) is 33.9. The van der Waals surface area contributed by atoms with E-state index in [4.69, 9.17) is 11.6 Å².